The molecule has 3 heterocycles. The molecule has 0 unspecified atom stereocenters. The Balaban J connectivity index is 1.32. The molecule has 0 aliphatic carbocycles. The first-order valence-corrected chi connectivity index (χ1v) is 9.40. The van der Waals surface area contributed by atoms with E-state index in [1.165, 1.54) is 22.9 Å². The number of benzene rings is 1. The van der Waals surface area contributed by atoms with Gasteiger partial charge in [-0.1, -0.05) is 11.3 Å². The average Bonchev–Trinajstić information content (AvgIpc) is 3.27. The first kappa shape index (κ1) is 20.8. The molecule has 0 saturated carbocycles. The number of carbonyl (C=O) groups excluding carboxylic acids is 1. The molecular formula is C16H12F3N5O6S. The Morgan fingerprint density at radius 1 is 1.42 bits per heavy atom. The minimum atomic E-state index is -4.81. The zero-order valence-corrected chi connectivity index (χ0v) is 16.1. The van der Waals surface area contributed by atoms with Gasteiger partial charge in [0.05, 0.1) is 16.8 Å². The summed E-state index contributed by atoms with van der Waals surface area (Å²) in [5.74, 6) is -1.28. The molecule has 2 aromatic heterocycles. The van der Waals surface area contributed by atoms with Gasteiger partial charge in [0.25, 0.3) is 5.91 Å². The van der Waals surface area contributed by atoms with Crippen molar-refractivity contribution in [3.8, 4) is 11.8 Å². The molecular weight excluding hydrogens is 447 g/mol. The molecule has 0 spiro atoms. The van der Waals surface area contributed by atoms with Gasteiger partial charge >= 0.3 is 18.2 Å². The third-order valence-electron chi connectivity index (χ3n) is 4.00. The number of thiazole rings is 1. The van der Waals surface area contributed by atoms with Gasteiger partial charge in [0.2, 0.25) is 0 Å². The summed E-state index contributed by atoms with van der Waals surface area (Å²) in [6, 6.07) is 3.75. The third kappa shape index (κ3) is 5.00. The number of nitro groups is 1. The van der Waals surface area contributed by atoms with Crippen LogP contribution < -0.4 is 14.8 Å². The number of amides is 1. The molecule has 11 nitrogen and oxygen atoms in total. The number of fused-ring (bicyclic) bond motifs is 2. The van der Waals surface area contributed by atoms with Crippen LogP contribution in [0.1, 0.15) is 0 Å². The van der Waals surface area contributed by atoms with E-state index in [0.29, 0.717) is 10.2 Å². The molecule has 3 aromatic rings. The Labute approximate surface area is 174 Å². The molecule has 164 valence electrons. The second kappa shape index (κ2) is 7.99. The topological polar surface area (TPSA) is 131 Å². The van der Waals surface area contributed by atoms with Crippen LogP contribution in [0.3, 0.4) is 0 Å². The van der Waals surface area contributed by atoms with Crippen LogP contribution in [0.15, 0.2) is 24.4 Å². The average molecular weight is 459 g/mol. The first-order chi connectivity index (χ1) is 14.7. The highest BCUT2D eigenvalue weighted by atomic mass is 32.1. The smallest absolute Gasteiger partial charge is 0.443 e. The first-order valence-electron chi connectivity index (χ1n) is 8.58. The van der Waals surface area contributed by atoms with Crippen molar-refractivity contribution in [3.05, 3.63) is 34.5 Å². The maximum atomic E-state index is 12.3. The minimum Gasteiger partial charge on any atom is -0.443 e. The number of nitrogens with one attached hydrogen (secondary N) is 1. The number of alkyl halides is 3. The molecule has 1 N–H and O–H groups in total. The van der Waals surface area contributed by atoms with Crippen LogP contribution in [0.5, 0.6) is 11.8 Å². The molecule has 1 amide bonds. The molecule has 0 radical (unpaired) electrons. The Bertz CT molecular complexity index is 1150. The number of carbonyl (C=O) groups is 1. The number of nitrogens with zero attached hydrogens (tertiary/aromatic N) is 4. The summed E-state index contributed by atoms with van der Waals surface area (Å²) >= 11 is 0.976. The monoisotopic (exact) mass is 459 g/mol. The summed E-state index contributed by atoms with van der Waals surface area (Å²) in [5, 5.41) is 13.5. The molecule has 1 aliphatic heterocycles. The Morgan fingerprint density at radius 3 is 2.97 bits per heavy atom. The van der Waals surface area contributed by atoms with E-state index in [1.807, 2.05) is 0 Å². The number of rotatable bonds is 6. The van der Waals surface area contributed by atoms with Crippen LogP contribution in [0.2, 0.25) is 0 Å². The Morgan fingerprint density at radius 2 is 2.23 bits per heavy atom. The van der Waals surface area contributed by atoms with Crippen molar-refractivity contribution in [1.82, 2.24) is 14.5 Å². The van der Waals surface area contributed by atoms with Crippen LogP contribution >= 0.6 is 11.3 Å². The second-order valence-corrected chi connectivity index (χ2v) is 7.31. The molecule has 15 heteroatoms. The molecule has 0 fully saturated rings. The predicted octanol–water partition coefficient (Wildman–Crippen LogP) is 2.72. The summed E-state index contributed by atoms with van der Waals surface area (Å²) in [4.78, 5) is 30.1. The molecule has 1 aliphatic rings. The van der Waals surface area contributed by atoms with Crippen molar-refractivity contribution in [2.75, 3.05) is 18.5 Å². The summed E-state index contributed by atoms with van der Waals surface area (Å²) < 4.78 is 53.4. The fourth-order valence-corrected chi connectivity index (χ4v) is 3.67. The van der Waals surface area contributed by atoms with Gasteiger partial charge in [0.15, 0.2) is 5.13 Å². The molecule has 0 saturated heterocycles. The lowest BCUT2D eigenvalue weighted by Crippen LogP contribution is -2.34. The zero-order chi connectivity index (χ0) is 22.2. The van der Waals surface area contributed by atoms with Gasteiger partial charge in [-0.25, -0.2) is 4.98 Å². The molecule has 4 rings (SSSR count). The number of hydrogen-bond acceptors (Lipinski definition) is 9. The van der Waals surface area contributed by atoms with Crippen molar-refractivity contribution in [1.29, 1.82) is 0 Å². The highest BCUT2D eigenvalue weighted by molar-refractivity contribution is 7.22. The van der Waals surface area contributed by atoms with Gasteiger partial charge in [-0.3, -0.25) is 14.7 Å². The van der Waals surface area contributed by atoms with Gasteiger partial charge in [-0.15, -0.1) is 13.2 Å². The van der Waals surface area contributed by atoms with E-state index in [4.69, 9.17) is 9.47 Å². The van der Waals surface area contributed by atoms with Gasteiger partial charge < -0.3 is 24.3 Å². The van der Waals surface area contributed by atoms with E-state index < -0.39 is 23.3 Å². The zero-order valence-electron chi connectivity index (χ0n) is 15.3. The van der Waals surface area contributed by atoms with Crippen molar-refractivity contribution < 1.29 is 37.1 Å². The van der Waals surface area contributed by atoms with E-state index in [-0.39, 0.29) is 42.5 Å². The third-order valence-corrected chi connectivity index (χ3v) is 4.94. The Hall–Kier alpha value is -3.46. The lowest BCUT2D eigenvalue weighted by molar-refractivity contribution is -0.389. The van der Waals surface area contributed by atoms with Gasteiger partial charge in [0.1, 0.15) is 31.3 Å². The van der Waals surface area contributed by atoms with Crippen molar-refractivity contribution in [3.63, 3.8) is 0 Å². The Kier molecular flexibility index (Phi) is 5.36. The summed E-state index contributed by atoms with van der Waals surface area (Å²) in [5.41, 5.74) is 0.394. The fourth-order valence-electron chi connectivity index (χ4n) is 2.76. The molecule has 1 atom stereocenters. The van der Waals surface area contributed by atoms with Crippen molar-refractivity contribution in [2.24, 2.45) is 0 Å². The van der Waals surface area contributed by atoms with E-state index in [9.17, 15) is 28.1 Å². The second-order valence-electron chi connectivity index (χ2n) is 6.28. The predicted molar refractivity (Wildman–Crippen MR) is 99.0 cm³/mol. The van der Waals surface area contributed by atoms with Crippen molar-refractivity contribution in [2.45, 2.75) is 19.0 Å². The SMILES string of the molecule is O=C(CO[C@@H]1COc2nc([N+](=O)[O-])cn2C1)Nc1nc2ccc(OC(F)(F)F)cc2s1. The summed E-state index contributed by atoms with van der Waals surface area (Å²) in [6.45, 7) is -0.0738. The van der Waals surface area contributed by atoms with E-state index in [2.05, 4.69) is 20.0 Å². The van der Waals surface area contributed by atoms with Crippen LogP contribution in [0.4, 0.5) is 24.1 Å². The number of hydrogen-bond donors (Lipinski definition) is 1. The van der Waals surface area contributed by atoms with E-state index in [1.54, 1.807) is 0 Å². The number of halogens is 3. The highest BCUT2D eigenvalue weighted by Crippen LogP contribution is 2.31. The van der Waals surface area contributed by atoms with Crippen LogP contribution in [-0.4, -0.2) is 51.0 Å². The summed E-state index contributed by atoms with van der Waals surface area (Å²) in [6.07, 6.45) is -4.13. The van der Waals surface area contributed by atoms with E-state index in [0.717, 1.165) is 17.4 Å². The van der Waals surface area contributed by atoms with Gasteiger partial charge in [-0.05, 0) is 17.1 Å². The number of ether oxygens (including phenoxy) is 3. The molecule has 1 aromatic carbocycles. The normalized spacial score (nSPS) is 15.9. The highest BCUT2D eigenvalue weighted by Gasteiger charge is 2.31. The number of anilines is 1. The standard InChI is InChI=1S/C16H12F3N5O6S/c17-16(18,19)30-8-1-2-10-11(3-8)31-14(20-10)22-13(25)7-28-9-4-23-5-12(24(26)27)21-15(23)29-6-9/h1-3,5,9H,4,6-7H2,(H,20,22,25)/t9-/m0/s1. The maximum Gasteiger partial charge on any atom is 0.573 e. The lowest BCUT2D eigenvalue weighted by Gasteiger charge is -2.21. The van der Waals surface area contributed by atoms with E-state index >= 15 is 0 Å². The number of aromatic nitrogens is 3. The minimum absolute atomic E-state index is 0.0601. The van der Waals surface area contributed by atoms with Crippen LogP contribution in [0, 0.1) is 10.1 Å². The maximum absolute atomic E-state index is 12.3. The molecule has 31 heavy (non-hydrogen) atoms. The lowest BCUT2D eigenvalue weighted by atomic mass is 10.3. The molecule has 0 bridgehead atoms. The van der Waals surface area contributed by atoms with Crippen molar-refractivity contribution >= 4 is 38.4 Å². The van der Waals surface area contributed by atoms with Crippen LogP contribution in [-0.2, 0) is 16.1 Å². The summed E-state index contributed by atoms with van der Waals surface area (Å²) in [7, 11) is 0. The largest absolute Gasteiger partial charge is 0.573 e. The van der Waals surface area contributed by atoms with Gasteiger partial charge in [0, 0.05) is 11.1 Å². The quantitative estimate of drug-likeness (QED) is 0.440. The van der Waals surface area contributed by atoms with Gasteiger partial charge in [-0.2, -0.15) is 0 Å². The number of imidazole rings is 1. The van der Waals surface area contributed by atoms with Crippen LogP contribution in [0.25, 0.3) is 10.2 Å². The fraction of sp³-hybridized carbons (Fsp3) is 0.312.